The Hall–Kier alpha value is -1.75. The standard InChI is InChI=1S/C17H22ClN3O2/c1-11(22)19-14-9-15-6-3-7-16(10-14)21(15)17(23)20-13-5-2-4-12(18)8-13/h2,4-5,8,14-16H,3,6-7,9-10H2,1H3,(H,19,22)(H,20,23). The quantitative estimate of drug-likeness (QED) is 0.870. The van der Waals surface area contributed by atoms with E-state index in [1.54, 1.807) is 19.1 Å². The fourth-order valence-corrected chi connectivity index (χ4v) is 4.06. The van der Waals surface area contributed by atoms with Crippen LogP contribution in [0.15, 0.2) is 24.3 Å². The molecule has 1 aromatic rings. The second-order valence-electron chi connectivity index (χ2n) is 6.46. The van der Waals surface area contributed by atoms with Crippen molar-refractivity contribution in [1.29, 1.82) is 0 Å². The van der Waals surface area contributed by atoms with E-state index in [1.807, 2.05) is 17.0 Å². The number of hydrogen-bond donors (Lipinski definition) is 2. The average molecular weight is 336 g/mol. The fraction of sp³-hybridized carbons (Fsp3) is 0.529. The summed E-state index contributed by atoms with van der Waals surface area (Å²) >= 11 is 5.97. The molecule has 5 nitrogen and oxygen atoms in total. The largest absolute Gasteiger partial charge is 0.353 e. The molecule has 2 N–H and O–H groups in total. The van der Waals surface area contributed by atoms with Gasteiger partial charge in [-0.3, -0.25) is 4.79 Å². The summed E-state index contributed by atoms with van der Waals surface area (Å²) in [7, 11) is 0. The Bertz CT molecular complexity index is 593. The van der Waals surface area contributed by atoms with E-state index in [0.717, 1.165) is 32.1 Å². The first kappa shape index (κ1) is 16.1. The van der Waals surface area contributed by atoms with Crippen molar-refractivity contribution in [2.75, 3.05) is 5.32 Å². The van der Waals surface area contributed by atoms with Gasteiger partial charge in [-0.25, -0.2) is 4.79 Å². The number of urea groups is 1. The number of hydrogen-bond acceptors (Lipinski definition) is 2. The van der Waals surface area contributed by atoms with Crippen molar-refractivity contribution < 1.29 is 9.59 Å². The Morgan fingerprint density at radius 1 is 1.22 bits per heavy atom. The molecule has 3 rings (SSSR count). The molecule has 2 heterocycles. The highest BCUT2D eigenvalue weighted by molar-refractivity contribution is 6.30. The second-order valence-corrected chi connectivity index (χ2v) is 6.89. The molecule has 0 saturated carbocycles. The Labute approximate surface area is 141 Å². The Balaban J connectivity index is 1.69. The summed E-state index contributed by atoms with van der Waals surface area (Å²) in [6.45, 7) is 1.55. The van der Waals surface area contributed by atoms with Crippen molar-refractivity contribution >= 4 is 29.2 Å². The van der Waals surface area contributed by atoms with Gasteiger partial charge in [0, 0.05) is 35.8 Å². The second kappa shape index (κ2) is 6.79. The molecule has 0 radical (unpaired) electrons. The molecule has 2 atom stereocenters. The van der Waals surface area contributed by atoms with Crippen LogP contribution in [0, 0.1) is 0 Å². The van der Waals surface area contributed by atoms with Crippen LogP contribution in [0.1, 0.15) is 39.0 Å². The molecular weight excluding hydrogens is 314 g/mol. The van der Waals surface area contributed by atoms with E-state index in [4.69, 9.17) is 11.6 Å². The summed E-state index contributed by atoms with van der Waals surface area (Å²) < 4.78 is 0. The van der Waals surface area contributed by atoms with Gasteiger partial charge in [-0.2, -0.15) is 0 Å². The number of nitrogens with one attached hydrogen (secondary N) is 2. The SMILES string of the molecule is CC(=O)NC1CC2CCCC(C1)N2C(=O)Nc1cccc(Cl)c1. The molecule has 2 aliphatic heterocycles. The van der Waals surface area contributed by atoms with Crippen molar-refractivity contribution in [1.82, 2.24) is 10.2 Å². The molecule has 0 spiro atoms. The summed E-state index contributed by atoms with van der Waals surface area (Å²) in [5, 5.41) is 6.57. The van der Waals surface area contributed by atoms with Gasteiger partial charge in [0.25, 0.3) is 0 Å². The summed E-state index contributed by atoms with van der Waals surface area (Å²) in [5.41, 5.74) is 0.713. The summed E-state index contributed by atoms with van der Waals surface area (Å²) in [4.78, 5) is 26.0. The first-order chi connectivity index (χ1) is 11.0. The number of amides is 3. The molecule has 2 fully saturated rings. The molecule has 6 heteroatoms. The van der Waals surface area contributed by atoms with Gasteiger partial charge in [0.15, 0.2) is 0 Å². The van der Waals surface area contributed by atoms with Crippen molar-refractivity contribution in [3.8, 4) is 0 Å². The number of carbonyl (C=O) groups excluding carboxylic acids is 2. The third-order valence-electron chi connectivity index (χ3n) is 4.69. The molecule has 0 aliphatic carbocycles. The van der Waals surface area contributed by atoms with Gasteiger partial charge in [-0.1, -0.05) is 17.7 Å². The number of benzene rings is 1. The van der Waals surface area contributed by atoms with Crippen LogP contribution in [-0.4, -0.2) is 35.0 Å². The van der Waals surface area contributed by atoms with E-state index < -0.39 is 0 Å². The van der Waals surface area contributed by atoms with Gasteiger partial charge in [-0.05, 0) is 50.3 Å². The molecule has 2 aliphatic rings. The molecule has 2 saturated heterocycles. The van der Waals surface area contributed by atoms with Gasteiger partial charge in [0.2, 0.25) is 5.91 Å². The minimum Gasteiger partial charge on any atom is -0.353 e. The van der Waals surface area contributed by atoms with Crippen LogP contribution in [-0.2, 0) is 4.79 Å². The van der Waals surface area contributed by atoms with Crippen LogP contribution in [0.4, 0.5) is 10.5 Å². The molecule has 2 unspecified atom stereocenters. The molecule has 2 bridgehead atoms. The van der Waals surface area contributed by atoms with E-state index in [-0.39, 0.29) is 30.1 Å². The van der Waals surface area contributed by atoms with E-state index in [0.29, 0.717) is 10.7 Å². The number of fused-ring (bicyclic) bond motifs is 2. The number of halogens is 1. The maximum absolute atomic E-state index is 12.7. The zero-order valence-corrected chi connectivity index (χ0v) is 14.0. The van der Waals surface area contributed by atoms with Gasteiger partial charge in [-0.15, -0.1) is 0 Å². The van der Waals surface area contributed by atoms with Gasteiger partial charge in [0.1, 0.15) is 0 Å². The van der Waals surface area contributed by atoms with Crippen LogP contribution in [0.25, 0.3) is 0 Å². The van der Waals surface area contributed by atoms with Crippen molar-refractivity contribution in [3.63, 3.8) is 0 Å². The lowest BCUT2D eigenvalue weighted by Gasteiger charge is -2.48. The van der Waals surface area contributed by atoms with Crippen LogP contribution in [0.5, 0.6) is 0 Å². The number of piperidine rings is 2. The topological polar surface area (TPSA) is 61.4 Å². The lowest BCUT2D eigenvalue weighted by Crippen LogP contribution is -2.59. The van der Waals surface area contributed by atoms with E-state index >= 15 is 0 Å². The molecule has 3 amide bonds. The van der Waals surface area contributed by atoms with Gasteiger partial charge in [0.05, 0.1) is 0 Å². The van der Waals surface area contributed by atoms with Crippen LogP contribution < -0.4 is 10.6 Å². The van der Waals surface area contributed by atoms with Crippen LogP contribution >= 0.6 is 11.6 Å². The number of anilines is 1. The average Bonchev–Trinajstić information content (AvgIpc) is 2.45. The predicted octanol–water partition coefficient (Wildman–Crippen LogP) is 3.39. The molecular formula is C17H22ClN3O2. The summed E-state index contributed by atoms with van der Waals surface area (Å²) in [5.74, 6) is 0.00454. The van der Waals surface area contributed by atoms with E-state index in [9.17, 15) is 9.59 Å². The summed E-state index contributed by atoms with van der Waals surface area (Å²) in [6.07, 6.45) is 4.80. The predicted molar refractivity (Wildman–Crippen MR) is 90.6 cm³/mol. The van der Waals surface area contributed by atoms with E-state index in [1.165, 1.54) is 0 Å². The molecule has 23 heavy (non-hydrogen) atoms. The monoisotopic (exact) mass is 335 g/mol. The first-order valence-corrected chi connectivity index (χ1v) is 8.52. The van der Waals surface area contributed by atoms with Crippen molar-refractivity contribution in [2.45, 2.75) is 57.2 Å². The Morgan fingerprint density at radius 3 is 2.52 bits per heavy atom. The molecule has 124 valence electrons. The third kappa shape index (κ3) is 3.78. The number of carbonyl (C=O) groups is 2. The number of nitrogens with zero attached hydrogens (tertiary/aromatic N) is 1. The molecule has 1 aromatic carbocycles. The Kier molecular flexibility index (Phi) is 4.76. The minimum absolute atomic E-state index is 0.00454. The molecule has 0 aromatic heterocycles. The zero-order valence-electron chi connectivity index (χ0n) is 13.2. The van der Waals surface area contributed by atoms with Crippen molar-refractivity contribution in [2.24, 2.45) is 0 Å². The number of rotatable bonds is 2. The normalized spacial score (nSPS) is 26.5. The summed E-state index contributed by atoms with van der Waals surface area (Å²) in [6, 6.07) is 7.69. The van der Waals surface area contributed by atoms with Crippen LogP contribution in [0.2, 0.25) is 5.02 Å². The highest BCUT2D eigenvalue weighted by Crippen LogP contribution is 2.34. The third-order valence-corrected chi connectivity index (χ3v) is 4.93. The van der Waals surface area contributed by atoms with Crippen molar-refractivity contribution in [3.05, 3.63) is 29.3 Å². The lowest BCUT2D eigenvalue weighted by atomic mass is 9.82. The highest BCUT2D eigenvalue weighted by atomic mass is 35.5. The fourth-order valence-electron chi connectivity index (χ4n) is 3.87. The smallest absolute Gasteiger partial charge is 0.322 e. The Morgan fingerprint density at radius 2 is 1.91 bits per heavy atom. The highest BCUT2D eigenvalue weighted by Gasteiger charge is 2.41. The van der Waals surface area contributed by atoms with E-state index in [2.05, 4.69) is 10.6 Å². The minimum atomic E-state index is -0.0664. The lowest BCUT2D eigenvalue weighted by molar-refractivity contribution is -0.120. The maximum Gasteiger partial charge on any atom is 0.322 e. The van der Waals surface area contributed by atoms with Gasteiger partial charge >= 0.3 is 6.03 Å². The van der Waals surface area contributed by atoms with Crippen LogP contribution in [0.3, 0.4) is 0 Å². The maximum atomic E-state index is 12.7. The van der Waals surface area contributed by atoms with Gasteiger partial charge < -0.3 is 15.5 Å². The zero-order chi connectivity index (χ0) is 16.4. The first-order valence-electron chi connectivity index (χ1n) is 8.15.